The molecule has 0 saturated carbocycles. The van der Waals surface area contributed by atoms with Crippen molar-refractivity contribution < 1.29 is 19.8 Å². The molecule has 0 bridgehead atoms. The van der Waals surface area contributed by atoms with Crippen molar-refractivity contribution in [3.8, 4) is 11.5 Å². The van der Waals surface area contributed by atoms with Gasteiger partial charge in [0.1, 0.15) is 23.6 Å². The molecule has 2 aromatic carbocycles. The molecule has 2 rings (SSSR count). The number of carbonyl (C=O) groups excluding carboxylic acids is 2. The third-order valence-corrected chi connectivity index (χ3v) is 4.88. The minimum Gasteiger partial charge on any atom is -0.508 e. The van der Waals surface area contributed by atoms with Gasteiger partial charge >= 0.3 is 0 Å². The highest BCUT2D eigenvalue weighted by Crippen LogP contribution is 2.38. The molecule has 0 aliphatic heterocycles. The fourth-order valence-electron chi connectivity index (χ4n) is 3.01. The lowest BCUT2D eigenvalue weighted by molar-refractivity contribution is -0.124. The molecular formula is C21H24O4. The summed E-state index contributed by atoms with van der Waals surface area (Å²) in [4.78, 5) is 22.9. The first-order valence-corrected chi connectivity index (χ1v) is 8.42. The van der Waals surface area contributed by atoms with E-state index in [2.05, 4.69) is 0 Å². The molecule has 0 fully saturated rings. The maximum Gasteiger partial charge on any atom is 0.136 e. The maximum absolute atomic E-state index is 12.3. The van der Waals surface area contributed by atoms with E-state index in [1.165, 1.54) is 0 Å². The Bertz CT molecular complexity index is 671. The van der Waals surface area contributed by atoms with Gasteiger partial charge in [0.2, 0.25) is 0 Å². The van der Waals surface area contributed by atoms with E-state index >= 15 is 0 Å². The second kappa shape index (κ2) is 7.97. The van der Waals surface area contributed by atoms with E-state index in [0.29, 0.717) is 12.8 Å². The van der Waals surface area contributed by atoms with Gasteiger partial charge in [-0.15, -0.1) is 0 Å². The SMILES string of the molecule is CC(CC=O)C(=O)CCC(C)(c1ccc(O)cc1)c1ccc(O)cc1. The second-order valence-electron chi connectivity index (χ2n) is 6.70. The van der Waals surface area contributed by atoms with Crippen molar-refractivity contribution in [2.24, 2.45) is 5.92 Å². The zero-order chi connectivity index (χ0) is 18.4. The minimum absolute atomic E-state index is 0.0656. The van der Waals surface area contributed by atoms with E-state index in [9.17, 15) is 19.8 Å². The molecule has 0 radical (unpaired) electrons. The first-order valence-electron chi connectivity index (χ1n) is 8.42. The fraction of sp³-hybridized carbons (Fsp3) is 0.333. The molecule has 0 aliphatic rings. The van der Waals surface area contributed by atoms with Crippen LogP contribution in [0, 0.1) is 5.92 Å². The molecule has 0 aliphatic carbocycles. The highest BCUT2D eigenvalue weighted by Gasteiger charge is 2.30. The predicted molar refractivity (Wildman–Crippen MR) is 96.8 cm³/mol. The van der Waals surface area contributed by atoms with Crippen LogP contribution < -0.4 is 0 Å². The number of ketones is 1. The lowest BCUT2D eigenvalue weighted by Crippen LogP contribution is -2.26. The molecule has 0 amide bonds. The molecule has 25 heavy (non-hydrogen) atoms. The largest absolute Gasteiger partial charge is 0.508 e. The molecule has 4 heteroatoms. The maximum atomic E-state index is 12.3. The van der Waals surface area contributed by atoms with Crippen LogP contribution in [0.15, 0.2) is 48.5 Å². The van der Waals surface area contributed by atoms with Gasteiger partial charge in [-0.3, -0.25) is 4.79 Å². The van der Waals surface area contributed by atoms with Gasteiger partial charge in [0, 0.05) is 24.2 Å². The number of hydrogen-bond acceptors (Lipinski definition) is 4. The topological polar surface area (TPSA) is 74.6 Å². The summed E-state index contributed by atoms with van der Waals surface area (Å²) in [6, 6.07) is 13.9. The zero-order valence-electron chi connectivity index (χ0n) is 14.6. The van der Waals surface area contributed by atoms with Gasteiger partial charge in [-0.05, 0) is 41.8 Å². The number of carbonyl (C=O) groups is 2. The van der Waals surface area contributed by atoms with Crippen LogP contribution in [0.25, 0.3) is 0 Å². The summed E-state index contributed by atoms with van der Waals surface area (Å²) >= 11 is 0. The molecule has 0 saturated heterocycles. The van der Waals surface area contributed by atoms with Crippen LogP contribution in [-0.2, 0) is 15.0 Å². The molecule has 2 N–H and O–H groups in total. The van der Waals surface area contributed by atoms with Gasteiger partial charge in [0.05, 0.1) is 0 Å². The van der Waals surface area contributed by atoms with Crippen molar-refractivity contribution in [3.63, 3.8) is 0 Å². The number of rotatable bonds is 8. The standard InChI is InChI=1S/C21H24O4/c1-15(12-14-22)20(25)11-13-21(2,16-3-7-18(23)8-4-16)17-5-9-19(24)10-6-17/h3-10,14-15,23-24H,11-13H2,1-2H3. The van der Waals surface area contributed by atoms with Gasteiger partial charge in [-0.1, -0.05) is 38.1 Å². The Morgan fingerprint density at radius 3 is 1.84 bits per heavy atom. The number of benzene rings is 2. The highest BCUT2D eigenvalue weighted by atomic mass is 16.3. The Morgan fingerprint density at radius 1 is 1.00 bits per heavy atom. The summed E-state index contributed by atoms with van der Waals surface area (Å²) in [5.74, 6) is 0.164. The van der Waals surface area contributed by atoms with E-state index < -0.39 is 5.41 Å². The Morgan fingerprint density at radius 2 is 1.44 bits per heavy atom. The van der Waals surface area contributed by atoms with Crippen LogP contribution in [-0.4, -0.2) is 22.3 Å². The predicted octanol–water partition coefficient (Wildman–Crippen LogP) is 3.98. The van der Waals surface area contributed by atoms with E-state index in [1.807, 2.05) is 31.2 Å². The smallest absolute Gasteiger partial charge is 0.136 e. The van der Waals surface area contributed by atoms with Crippen molar-refractivity contribution in [3.05, 3.63) is 59.7 Å². The van der Waals surface area contributed by atoms with Gasteiger partial charge in [0.15, 0.2) is 0 Å². The van der Waals surface area contributed by atoms with Crippen molar-refractivity contribution in [2.45, 2.75) is 38.5 Å². The van der Waals surface area contributed by atoms with Crippen LogP contribution in [0.4, 0.5) is 0 Å². The highest BCUT2D eigenvalue weighted by molar-refractivity contribution is 5.82. The summed E-state index contributed by atoms with van der Waals surface area (Å²) in [6.45, 7) is 3.82. The summed E-state index contributed by atoms with van der Waals surface area (Å²) in [5.41, 5.74) is 1.51. The molecule has 2 aromatic rings. The number of phenols is 2. The summed E-state index contributed by atoms with van der Waals surface area (Å²) in [5, 5.41) is 19.1. The average Bonchev–Trinajstić information content (AvgIpc) is 2.60. The van der Waals surface area contributed by atoms with Crippen LogP contribution in [0.3, 0.4) is 0 Å². The van der Waals surface area contributed by atoms with E-state index in [-0.39, 0.29) is 29.6 Å². The fourth-order valence-corrected chi connectivity index (χ4v) is 3.01. The monoisotopic (exact) mass is 340 g/mol. The minimum atomic E-state index is -0.446. The quantitative estimate of drug-likeness (QED) is 0.713. The van der Waals surface area contributed by atoms with Crippen LogP contribution >= 0.6 is 0 Å². The zero-order valence-corrected chi connectivity index (χ0v) is 14.6. The van der Waals surface area contributed by atoms with E-state index in [1.54, 1.807) is 31.2 Å². The third kappa shape index (κ3) is 4.47. The molecule has 4 nitrogen and oxygen atoms in total. The van der Waals surface area contributed by atoms with Gasteiger partial charge < -0.3 is 15.0 Å². The number of phenolic OH excluding ortho intramolecular Hbond substituents is 2. The lowest BCUT2D eigenvalue weighted by atomic mass is 9.72. The van der Waals surface area contributed by atoms with E-state index in [4.69, 9.17) is 0 Å². The van der Waals surface area contributed by atoms with Gasteiger partial charge in [-0.25, -0.2) is 0 Å². The first kappa shape index (κ1) is 18.7. The van der Waals surface area contributed by atoms with Crippen molar-refractivity contribution >= 4 is 12.1 Å². The third-order valence-electron chi connectivity index (χ3n) is 4.88. The van der Waals surface area contributed by atoms with E-state index in [0.717, 1.165) is 17.4 Å². The van der Waals surface area contributed by atoms with Crippen molar-refractivity contribution in [2.75, 3.05) is 0 Å². The number of Topliss-reactive ketones (excluding diaryl/α,β-unsaturated/α-hetero) is 1. The molecule has 132 valence electrons. The lowest BCUT2D eigenvalue weighted by Gasteiger charge is -2.31. The van der Waals surface area contributed by atoms with Crippen LogP contribution in [0.5, 0.6) is 11.5 Å². The Balaban J connectivity index is 2.32. The Hall–Kier alpha value is -2.62. The Labute approximate surface area is 148 Å². The molecule has 1 unspecified atom stereocenters. The molecular weight excluding hydrogens is 316 g/mol. The average molecular weight is 340 g/mol. The Kier molecular flexibility index (Phi) is 5.97. The molecule has 0 aromatic heterocycles. The van der Waals surface area contributed by atoms with Gasteiger partial charge in [0.25, 0.3) is 0 Å². The first-order chi connectivity index (χ1) is 11.9. The summed E-state index contributed by atoms with van der Waals surface area (Å²) in [7, 11) is 0. The number of aldehydes is 1. The molecule has 0 heterocycles. The van der Waals surface area contributed by atoms with Crippen LogP contribution in [0.1, 0.15) is 44.2 Å². The summed E-state index contributed by atoms with van der Waals surface area (Å²) < 4.78 is 0. The summed E-state index contributed by atoms with van der Waals surface area (Å²) in [6.07, 6.45) is 1.95. The number of aromatic hydroxyl groups is 2. The number of hydrogen-bond donors (Lipinski definition) is 2. The van der Waals surface area contributed by atoms with Gasteiger partial charge in [-0.2, -0.15) is 0 Å². The molecule has 1 atom stereocenters. The van der Waals surface area contributed by atoms with Crippen molar-refractivity contribution in [1.29, 1.82) is 0 Å². The van der Waals surface area contributed by atoms with Crippen LogP contribution in [0.2, 0.25) is 0 Å². The second-order valence-corrected chi connectivity index (χ2v) is 6.70. The normalized spacial score (nSPS) is 12.6. The molecule has 0 spiro atoms. The van der Waals surface area contributed by atoms with Crippen molar-refractivity contribution in [1.82, 2.24) is 0 Å².